The lowest BCUT2D eigenvalue weighted by atomic mass is 10.1. The van der Waals surface area contributed by atoms with E-state index in [1.165, 1.54) is 0 Å². The average Bonchev–Trinajstić information content (AvgIpc) is 2.42. The Balaban J connectivity index is 2.10. The van der Waals surface area contributed by atoms with Gasteiger partial charge in [-0.05, 0) is 49.8 Å². The van der Waals surface area contributed by atoms with Gasteiger partial charge in [-0.15, -0.1) is 0 Å². The van der Waals surface area contributed by atoms with Crippen molar-refractivity contribution in [2.24, 2.45) is 9.98 Å². The molecule has 0 amide bonds. The summed E-state index contributed by atoms with van der Waals surface area (Å²) < 4.78 is 0. The zero-order chi connectivity index (χ0) is 12.8. The number of hydrogen-bond acceptors (Lipinski definition) is 2. The zero-order valence-electron chi connectivity index (χ0n) is 10.9. The molecule has 2 heteroatoms. The highest BCUT2D eigenvalue weighted by Crippen LogP contribution is 2.12. The number of nitrogens with zero attached hydrogens (tertiary/aromatic N) is 2. The molecule has 1 atom stereocenters. The molecule has 0 saturated heterocycles. The van der Waals surface area contributed by atoms with Gasteiger partial charge in [-0.1, -0.05) is 25.1 Å². The van der Waals surface area contributed by atoms with Crippen molar-refractivity contribution in [2.45, 2.75) is 26.3 Å². The summed E-state index contributed by atoms with van der Waals surface area (Å²) in [5.74, 6) is 0. The van der Waals surface area contributed by atoms with Crippen LogP contribution in [0.3, 0.4) is 0 Å². The van der Waals surface area contributed by atoms with E-state index in [2.05, 4.69) is 23.8 Å². The highest BCUT2D eigenvalue weighted by Gasteiger charge is 2.01. The van der Waals surface area contributed by atoms with Crippen molar-refractivity contribution in [3.8, 4) is 0 Å². The lowest BCUT2D eigenvalue weighted by Crippen LogP contribution is -2.04. The Morgan fingerprint density at radius 3 is 2.17 bits per heavy atom. The predicted octanol–water partition coefficient (Wildman–Crippen LogP) is 4.12. The van der Waals surface area contributed by atoms with Gasteiger partial charge in [0, 0.05) is 6.04 Å². The van der Waals surface area contributed by atoms with Crippen LogP contribution in [-0.2, 0) is 0 Å². The quantitative estimate of drug-likeness (QED) is 0.707. The summed E-state index contributed by atoms with van der Waals surface area (Å²) in [6.07, 6.45) is 9.13. The molecule has 1 unspecified atom stereocenters. The number of benzene rings is 1. The fourth-order valence-electron chi connectivity index (χ4n) is 1.61. The molecule has 0 bridgehead atoms. The van der Waals surface area contributed by atoms with Gasteiger partial charge in [0.1, 0.15) is 0 Å². The lowest BCUT2D eigenvalue weighted by molar-refractivity contribution is 0.718. The predicted molar refractivity (Wildman–Crippen MR) is 79.0 cm³/mol. The standard InChI is InChI=1S/C16H18N2/c1-3-13(2)17-15-9-11-16(12-10-15)18-14-7-5-4-6-8-14/h4-13H,3H2,1-2H3. The van der Waals surface area contributed by atoms with Gasteiger partial charge in [0.15, 0.2) is 0 Å². The number of hydrogen-bond donors (Lipinski definition) is 0. The van der Waals surface area contributed by atoms with E-state index in [1.807, 2.05) is 54.6 Å². The van der Waals surface area contributed by atoms with Crippen LogP contribution in [0, 0.1) is 0 Å². The Hall–Kier alpha value is -1.96. The molecule has 0 fully saturated rings. The third-order valence-electron chi connectivity index (χ3n) is 2.82. The number of aliphatic imine (C=N–C) groups is 2. The summed E-state index contributed by atoms with van der Waals surface area (Å²) >= 11 is 0. The van der Waals surface area contributed by atoms with Crippen LogP contribution in [0.25, 0.3) is 0 Å². The van der Waals surface area contributed by atoms with Crippen molar-refractivity contribution in [1.29, 1.82) is 0 Å². The number of para-hydroxylation sites is 1. The third kappa shape index (κ3) is 3.52. The van der Waals surface area contributed by atoms with E-state index >= 15 is 0 Å². The molecule has 0 heterocycles. The summed E-state index contributed by atoms with van der Waals surface area (Å²) in [4.78, 5) is 9.12. The third-order valence-corrected chi connectivity index (χ3v) is 2.82. The van der Waals surface area contributed by atoms with E-state index in [-0.39, 0.29) is 0 Å². The van der Waals surface area contributed by atoms with Crippen LogP contribution in [0.15, 0.2) is 64.6 Å². The first-order valence-electron chi connectivity index (χ1n) is 6.35. The fourth-order valence-corrected chi connectivity index (χ4v) is 1.61. The second-order valence-electron chi connectivity index (χ2n) is 4.35. The van der Waals surface area contributed by atoms with Crippen molar-refractivity contribution >= 4 is 17.1 Å². The van der Waals surface area contributed by atoms with E-state index in [0.29, 0.717) is 6.04 Å². The summed E-state index contributed by atoms with van der Waals surface area (Å²) in [7, 11) is 0. The minimum absolute atomic E-state index is 0.377. The van der Waals surface area contributed by atoms with E-state index in [1.54, 1.807) is 0 Å². The fraction of sp³-hybridized carbons (Fsp3) is 0.250. The Kier molecular flexibility index (Phi) is 4.24. The highest BCUT2D eigenvalue weighted by molar-refractivity contribution is 6.19. The van der Waals surface area contributed by atoms with Gasteiger partial charge in [0.2, 0.25) is 0 Å². The molecule has 92 valence electrons. The SMILES string of the molecule is CCC(C)N=C1C=CC(=Nc2ccccc2)C=C1. The Bertz CT molecular complexity index is 489. The number of rotatable bonds is 3. The van der Waals surface area contributed by atoms with Crippen LogP contribution < -0.4 is 0 Å². The maximum atomic E-state index is 4.58. The van der Waals surface area contributed by atoms with E-state index in [9.17, 15) is 0 Å². The van der Waals surface area contributed by atoms with Crippen LogP contribution in [0.5, 0.6) is 0 Å². The smallest absolute Gasteiger partial charge is 0.0638 e. The first-order chi connectivity index (χ1) is 8.78. The normalized spacial score (nSPS) is 15.7. The maximum Gasteiger partial charge on any atom is 0.0638 e. The Morgan fingerprint density at radius 2 is 1.56 bits per heavy atom. The van der Waals surface area contributed by atoms with Crippen molar-refractivity contribution in [2.75, 3.05) is 0 Å². The summed E-state index contributed by atoms with van der Waals surface area (Å²) in [5, 5.41) is 0. The van der Waals surface area contributed by atoms with Gasteiger partial charge in [0.05, 0.1) is 17.1 Å². The maximum absolute atomic E-state index is 4.58. The van der Waals surface area contributed by atoms with Gasteiger partial charge >= 0.3 is 0 Å². The average molecular weight is 238 g/mol. The van der Waals surface area contributed by atoms with Gasteiger partial charge < -0.3 is 0 Å². The molecule has 0 aliphatic heterocycles. The molecular weight excluding hydrogens is 220 g/mol. The largest absolute Gasteiger partial charge is 0.282 e. The molecule has 1 aliphatic rings. The molecule has 0 N–H and O–H groups in total. The minimum Gasteiger partial charge on any atom is -0.282 e. The molecule has 1 aromatic carbocycles. The second kappa shape index (κ2) is 6.10. The van der Waals surface area contributed by atoms with Crippen LogP contribution in [0.4, 0.5) is 5.69 Å². The minimum atomic E-state index is 0.377. The number of allylic oxidation sites excluding steroid dienone is 4. The first-order valence-corrected chi connectivity index (χ1v) is 6.35. The highest BCUT2D eigenvalue weighted by atomic mass is 14.8. The van der Waals surface area contributed by atoms with Crippen molar-refractivity contribution in [3.63, 3.8) is 0 Å². The summed E-state index contributed by atoms with van der Waals surface area (Å²) in [6, 6.07) is 10.3. The summed E-state index contributed by atoms with van der Waals surface area (Å²) in [6.45, 7) is 4.27. The molecule has 0 aromatic heterocycles. The molecule has 1 aromatic rings. The van der Waals surface area contributed by atoms with Crippen LogP contribution in [0.2, 0.25) is 0 Å². The first kappa shape index (κ1) is 12.5. The Morgan fingerprint density at radius 1 is 0.944 bits per heavy atom. The molecule has 1 aliphatic carbocycles. The topological polar surface area (TPSA) is 24.7 Å². The van der Waals surface area contributed by atoms with Crippen LogP contribution in [0.1, 0.15) is 20.3 Å². The Labute approximate surface area is 108 Å². The molecule has 2 rings (SSSR count). The van der Waals surface area contributed by atoms with Crippen LogP contribution >= 0.6 is 0 Å². The van der Waals surface area contributed by atoms with Crippen molar-refractivity contribution < 1.29 is 0 Å². The van der Waals surface area contributed by atoms with Crippen molar-refractivity contribution in [1.82, 2.24) is 0 Å². The molecule has 18 heavy (non-hydrogen) atoms. The van der Waals surface area contributed by atoms with E-state index < -0.39 is 0 Å². The van der Waals surface area contributed by atoms with Gasteiger partial charge in [-0.25, -0.2) is 4.99 Å². The lowest BCUT2D eigenvalue weighted by Gasteiger charge is -2.06. The van der Waals surface area contributed by atoms with Gasteiger partial charge in [-0.2, -0.15) is 0 Å². The molecule has 0 saturated carbocycles. The molecule has 0 spiro atoms. The second-order valence-corrected chi connectivity index (χ2v) is 4.35. The molecule has 0 radical (unpaired) electrons. The molecular formula is C16H18N2. The van der Waals surface area contributed by atoms with E-state index in [0.717, 1.165) is 23.5 Å². The summed E-state index contributed by atoms with van der Waals surface area (Å²) in [5.41, 5.74) is 2.96. The zero-order valence-corrected chi connectivity index (χ0v) is 10.9. The van der Waals surface area contributed by atoms with E-state index in [4.69, 9.17) is 0 Å². The monoisotopic (exact) mass is 238 g/mol. The van der Waals surface area contributed by atoms with Crippen molar-refractivity contribution in [3.05, 3.63) is 54.6 Å². The van der Waals surface area contributed by atoms with Gasteiger partial charge in [-0.3, -0.25) is 4.99 Å². The van der Waals surface area contributed by atoms with Gasteiger partial charge in [0.25, 0.3) is 0 Å². The van der Waals surface area contributed by atoms with Crippen LogP contribution in [-0.4, -0.2) is 17.5 Å². The molecule has 2 nitrogen and oxygen atoms in total.